The molecule has 1 heterocycles. The maximum absolute atomic E-state index is 10.3. The van der Waals surface area contributed by atoms with E-state index in [0.29, 0.717) is 4.88 Å². The first-order valence-corrected chi connectivity index (χ1v) is 4.26. The van der Waals surface area contributed by atoms with Crippen molar-refractivity contribution in [2.24, 2.45) is 0 Å². The minimum atomic E-state index is -1.34. The number of quaternary nitrogens is 1. The molecule has 0 aliphatic carbocycles. The van der Waals surface area contributed by atoms with Crippen molar-refractivity contribution < 1.29 is 20.7 Å². The second-order valence-corrected chi connectivity index (χ2v) is 3.37. The summed E-state index contributed by atoms with van der Waals surface area (Å²) in [6.07, 6.45) is -1.06. The van der Waals surface area contributed by atoms with Gasteiger partial charge in [0.05, 0.1) is 0 Å². The summed E-state index contributed by atoms with van der Waals surface area (Å²) in [5, 5.41) is 21.4. The zero-order chi connectivity index (χ0) is 9.14. The fraction of sp³-hybridized carbons (Fsp3) is 0.286. The Bertz CT molecular complexity index is 260. The number of aliphatic hydroxyl groups is 1. The number of hydrogen-bond acceptors (Lipinski definition) is 4. The lowest BCUT2D eigenvalue weighted by Gasteiger charge is -2.14. The van der Waals surface area contributed by atoms with E-state index in [1.54, 1.807) is 17.5 Å². The third-order valence-corrected chi connectivity index (χ3v) is 2.46. The highest BCUT2D eigenvalue weighted by atomic mass is 32.1. The van der Waals surface area contributed by atoms with E-state index >= 15 is 0 Å². The molecule has 0 radical (unpaired) electrons. The molecule has 4 N–H and O–H groups in total. The molecule has 5 heteroatoms. The van der Waals surface area contributed by atoms with E-state index in [2.05, 4.69) is 5.73 Å². The molecule has 0 amide bonds. The van der Waals surface area contributed by atoms with Crippen LogP contribution in [-0.2, 0) is 4.79 Å². The van der Waals surface area contributed by atoms with E-state index in [0.717, 1.165) is 0 Å². The van der Waals surface area contributed by atoms with Gasteiger partial charge in [-0.25, -0.2) is 0 Å². The number of thiophene rings is 1. The molecule has 1 aromatic heterocycles. The van der Waals surface area contributed by atoms with Crippen molar-refractivity contribution in [3.8, 4) is 0 Å². The summed E-state index contributed by atoms with van der Waals surface area (Å²) >= 11 is 1.30. The molecule has 0 aromatic carbocycles. The molecule has 12 heavy (non-hydrogen) atoms. The third kappa shape index (κ3) is 1.82. The molecule has 0 fully saturated rings. The summed E-state index contributed by atoms with van der Waals surface area (Å²) in [7, 11) is 0. The molecule has 0 saturated carbocycles. The van der Waals surface area contributed by atoms with Crippen molar-refractivity contribution in [1.29, 1.82) is 0 Å². The number of carbonyl (C=O) groups is 1. The standard InChI is InChI=1S/C7H9NO3S/c8-5(7(10)11)6(9)4-2-1-3-12-4/h1-3,5-6,9H,8H2,(H,10,11)/t5-,6-/m0/s1. The Balaban J connectivity index is 2.71. The van der Waals surface area contributed by atoms with Crippen LogP contribution in [0.15, 0.2) is 17.5 Å². The lowest BCUT2D eigenvalue weighted by molar-refractivity contribution is -0.452. The van der Waals surface area contributed by atoms with Gasteiger partial charge in [0.15, 0.2) is 6.04 Å². The normalized spacial score (nSPS) is 15.5. The maximum atomic E-state index is 10.3. The number of carboxylic acid groups (broad SMARTS) is 1. The fourth-order valence-corrected chi connectivity index (χ4v) is 1.56. The van der Waals surface area contributed by atoms with Crippen LogP contribution in [-0.4, -0.2) is 17.1 Å². The summed E-state index contributed by atoms with van der Waals surface area (Å²) in [4.78, 5) is 10.9. The van der Waals surface area contributed by atoms with Crippen molar-refractivity contribution in [3.05, 3.63) is 22.4 Å². The Labute approximate surface area is 73.3 Å². The molecule has 1 rings (SSSR count). The quantitative estimate of drug-likeness (QED) is 0.581. The second-order valence-electron chi connectivity index (χ2n) is 2.39. The first-order chi connectivity index (χ1) is 5.63. The molecule has 2 atom stereocenters. The smallest absolute Gasteiger partial charge is 0.156 e. The average molecular weight is 187 g/mol. The SMILES string of the molecule is [NH3+][C@H](C(=O)[O-])[C@@H](O)c1cccs1. The van der Waals surface area contributed by atoms with Gasteiger partial charge in [-0.1, -0.05) is 6.07 Å². The minimum Gasteiger partial charge on any atom is -0.544 e. The number of hydrogen-bond donors (Lipinski definition) is 2. The van der Waals surface area contributed by atoms with Gasteiger partial charge >= 0.3 is 0 Å². The predicted molar refractivity (Wildman–Crippen MR) is 41.0 cm³/mol. The van der Waals surface area contributed by atoms with Crippen LogP contribution in [0.4, 0.5) is 0 Å². The molecule has 0 aliphatic heterocycles. The van der Waals surface area contributed by atoms with Gasteiger partial charge in [-0.05, 0) is 11.4 Å². The van der Waals surface area contributed by atoms with Crippen LogP contribution in [0.25, 0.3) is 0 Å². The summed E-state index contributed by atoms with van der Waals surface area (Å²) in [6, 6.07) is 2.30. The van der Waals surface area contributed by atoms with E-state index in [1.165, 1.54) is 11.3 Å². The molecule has 4 nitrogen and oxygen atoms in total. The highest BCUT2D eigenvalue weighted by Crippen LogP contribution is 2.19. The van der Waals surface area contributed by atoms with E-state index in [-0.39, 0.29) is 0 Å². The fourth-order valence-electron chi connectivity index (χ4n) is 0.787. The maximum Gasteiger partial charge on any atom is 0.156 e. The van der Waals surface area contributed by atoms with Crippen molar-refractivity contribution in [1.82, 2.24) is 0 Å². The molecule has 0 saturated heterocycles. The van der Waals surface area contributed by atoms with Crippen molar-refractivity contribution in [3.63, 3.8) is 0 Å². The Morgan fingerprint density at radius 2 is 2.42 bits per heavy atom. The first kappa shape index (κ1) is 9.18. The molecule has 0 spiro atoms. The van der Waals surface area contributed by atoms with Gasteiger partial charge in [0, 0.05) is 4.88 Å². The zero-order valence-corrected chi connectivity index (χ0v) is 7.08. The molecular formula is C7H9NO3S. The number of aliphatic hydroxyl groups excluding tert-OH is 1. The van der Waals surface area contributed by atoms with Crippen molar-refractivity contribution in [2.75, 3.05) is 0 Å². The van der Waals surface area contributed by atoms with Crippen LogP contribution in [0.1, 0.15) is 11.0 Å². The Kier molecular flexibility index (Phi) is 2.80. The Morgan fingerprint density at radius 3 is 2.83 bits per heavy atom. The first-order valence-electron chi connectivity index (χ1n) is 3.38. The Morgan fingerprint density at radius 1 is 1.75 bits per heavy atom. The number of carboxylic acids is 1. The molecule has 0 unspecified atom stereocenters. The third-order valence-electron chi connectivity index (χ3n) is 1.52. The lowest BCUT2D eigenvalue weighted by Crippen LogP contribution is -2.70. The van der Waals surface area contributed by atoms with Gasteiger partial charge in [-0.15, -0.1) is 11.3 Å². The summed E-state index contributed by atoms with van der Waals surface area (Å²) in [5.74, 6) is -1.34. The van der Waals surface area contributed by atoms with Crippen molar-refractivity contribution >= 4 is 17.3 Å². The predicted octanol–water partition coefficient (Wildman–Crippen LogP) is -1.86. The highest BCUT2D eigenvalue weighted by Gasteiger charge is 2.21. The largest absolute Gasteiger partial charge is 0.544 e. The van der Waals surface area contributed by atoms with E-state index in [1.807, 2.05) is 0 Å². The highest BCUT2D eigenvalue weighted by molar-refractivity contribution is 7.10. The van der Waals surface area contributed by atoms with Crippen LogP contribution in [0.2, 0.25) is 0 Å². The molecule has 0 aliphatic rings. The molecule has 1 aromatic rings. The summed E-state index contributed by atoms with van der Waals surface area (Å²) < 4.78 is 0. The van der Waals surface area contributed by atoms with Gasteiger partial charge in [0.2, 0.25) is 0 Å². The van der Waals surface area contributed by atoms with Crippen LogP contribution in [0.5, 0.6) is 0 Å². The van der Waals surface area contributed by atoms with Crippen LogP contribution < -0.4 is 10.8 Å². The Hall–Kier alpha value is -0.910. The molecule has 66 valence electrons. The van der Waals surface area contributed by atoms with Gasteiger partial charge < -0.3 is 20.7 Å². The van der Waals surface area contributed by atoms with Crippen molar-refractivity contribution in [2.45, 2.75) is 12.1 Å². The van der Waals surface area contributed by atoms with E-state index in [9.17, 15) is 15.0 Å². The topological polar surface area (TPSA) is 88.0 Å². The van der Waals surface area contributed by atoms with Crippen LogP contribution >= 0.6 is 11.3 Å². The summed E-state index contributed by atoms with van der Waals surface area (Å²) in [6.45, 7) is 0. The van der Waals surface area contributed by atoms with Crippen LogP contribution in [0.3, 0.4) is 0 Å². The van der Waals surface area contributed by atoms with Crippen LogP contribution in [0, 0.1) is 0 Å². The number of carbonyl (C=O) groups excluding carboxylic acids is 1. The molecular weight excluding hydrogens is 178 g/mol. The number of rotatable bonds is 3. The molecule has 0 bridgehead atoms. The average Bonchev–Trinajstić information content (AvgIpc) is 2.53. The number of aliphatic carboxylic acids is 1. The second kappa shape index (κ2) is 3.66. The zero-order valence-electron chi connectivity index (χ0n) is 6.27. The lowest BCUT2D eigenvalue weighted by atomic mass is 10.1. The summed E-state index contributed by atoms with van der Waals surface area (Å²) in [5.41, 5.74) is 3.29. The monoisotopic (exact) mass is 187 g/mol. The minimum absolute atomic E-state index is 0.596. The van der Waals surface area contributed by atoms with Gasteiger partial charge in [-0.3, -0.25) is 0 Å². The van der Waals surface area contributed by atoms with E-state index in [4.69, 9.17) is 0 Å². The van der Waals surface area contributed by atoms with E-state index < -0.39 is 18.1 Å². The van der Waals surface area contributed by atoms with Gasteiger partial charge in [0.25, 0.3) is 0 Å². The van der Waals surface area contributed by atoms with Gasteiger partial charge in [0.1, 0.15) is 12.1 Å². The van der Waals surface area contributed by atoms with Gasteiger partial charge in [-0.2, -0.15) is 0 Å².